The Labute approximate surface area is 192 Å². The smallest absolute Gasteiger partial charge is 0.415 e. The van der Waals surface area contributed by atoms with E-state index in [4.69, 9.17) is 15.2 Å². The fraction of sp³-hybridized carbons (Fsp3) is 0.318. The first kappa shape index (κ1) is 23.3. The molecule has 4 rings (SSSR count). The van der Waals surface area contributed by atoms with E-state index in [1.165, 1.54) is 18.9 Å². The molecule has 1 saturated heterocycles. The van der Waals surface area contributed by atoms with Gasteiger partial charge in [-0.3, -0.25) is 4.79 Å². The van der Waals surface area contributed by atoms with Crippen molar-refractivity contribution < 1.29 is 27.4 Å². The summed E-state index contributed by atoms with van der Waals surface area (Å²) in [7, 11) is 1.43. The SMILES string of the molecule is COc1ccccc1C(=O)n1nc(C2COC2C(F)(F)F)nc1SCc1ccc(CN)cc1. The molecule has 1 aromatic heterocycles. The number of halogens is 3. The number of hydrogen-bond donors (Lipinski definition) is 1. The van der Waals surface area contributed by atoms with E-state index in [2.05, 4.69) is 10.1 Å². The highest BCUT2D eigenvalue weighted by atomic mass is 32.2. The van der Waals surface area contributed by atoms with E-state index < -0.39 is 24.1 Å². The van der Waals surface area contributed by atoms with Crippen molar-refractivity contribution in [3.8, 4) is 5.75 Å². The summed E-state index contributed by atoms with van der Waals surface area (Å²) >= 11 is 1.21. The van der Waals surface area contributed by atoms with Crippen LogP contribution in [0.1, 0.15) is 33.2 Å². The van der Waals surface area contributed by atoms with Crippen LogP contribution in [-0.4, -0.2) is 46.7 Å². The van der Waals surface area contributed by atoms with Gasteiger partial charge in [0.15, 0.2) is 17.1 Å². The summed E-state index contributed by atoms with van der Waals surface area (Å²) in [6.45, 7) is 0.254. The quantitative estimate of drug-likeness (QED) is 0.517. The van der Waals surface area contributed by atoms with E-state index >= 15 is 0 Å². The molecule has 2 N–H and O–H groups in total. The highest BCUT2D eigenvalue weighted by molar-refractivity contribution is 7.98. The van der Waals surface area contributed by atoms with Gasteiger partial charge < -0.3 is 15.2 Å². The first-order valence-corrected chi connectivity index (χ1v) is 11.0. The van der Waals surface area contributed by atoms with E-state index in [9.17, 15) is 18.0 Å². The van der Waals surface area contributed by atoms with Gasteiger partial charge in [-0.2, -0.15) is 17.9 Å². The van der Waals surface area contributed by atoms with E-state index in [1.807, 2.05) is 24.3 Å². The lowest BCUT2D eigenvalue weighted by molar-refractivity contribution is -0.272. The summed E-state index contributed by atoms with van der Waals surface area (Å²) in [5.41, 5.74) is 7.77. The summed E-state index contributed by atoms with van der Waals surface area (Å²) < 4.78 is 50.6. The van der Waals surface area contributed by atoms with Gasteiger partial charge in [0.2, 0.25) is 0 Å². The molecule has 1 aliphatic rings. The highest BCUT2D eigenvalue weighted by Gasteiger charge is 2.54. The maximum absolute atomic E-state index is 13.3. The molecule has 2 atom stereocenters. The molecule has 3 aromatic rings. The summed E-state index contributed by atoms with van der Waals surface area (Å²) in [6, 6.07) is 14.2. The number of carbonyl (C=O) groups excluding carboxylic acids is 1. The number of nitrogens with two attached hydrogens (primary N) is 1. The van der Waals surface area contributed by atoms with E-state index in [1.54, 1.807) is 24.3 Å². The van der Waals surface area contributed by atoms with Crippen molar-refractivity contribution in [3.63, 3.8) is 0 Å². The Bertz CT molecular complexity index is 1130. The first-order valence-electron chi connectivity index (χ1n) is 10.1. The molecule has 0 aliphatic carbocycles. The molecular formula is C22H21F3N4O3S. The maximum atomic E-state index is 13.3. The number of ether oxygens (including phenoxy) is 2. The number of aromatic nitrogens is 3. The van der Waals surface area contributed by atoms with Gasteiger partial charge in [0.05, 0.1) is 25.2 Å². The third-order valence-electron chi connectivity index (χ3n) is 5.23. The van der Waals surface area contributed by atoms with Gasteiger partial charge in [-0.15, -0.1) is 5.10 Å². The normalized spacial score (nSPS) is 18.1. The molecule has 0 radical (unpaired) electrons. The molecule has 11 heteroatoms. The zero-order chi connectivity index (χ0) is 23.6. The minimum absolute atomic E-state index is 0.0761. The van der Waals surface area contributed by atoms with Crippen molar-refractivity contribution in [2.45, 2.75) is 35.7 Å². The monoisotopic (exact) mass is 478 g/mol. The van der Waals surface area contributed by atoms with E-state index in [-0.39, 0.29) is 23.2 Å². The average molecular weight is 478 g/mol. The summed E-state index contributed by atoms with van der Waals surface area (Å²) in [4.78, 5) is 17.6. The second kappa shape index (κ2) is 9.54. The number of carbonyl (C=O) groups is 1. The Hall–Kier alpha value is -2.89. The molecule has 0 amide bonds. The van der Waals surface area contributed by atoms with Crippen LogP contribution in [0.15, 0.2) is 53.7 Å². The van der Waals surface area contributed by atoms with Crippen LogP contribution in [0.2, 0.25) is 0 Å². The minimum atomic E-state index is -4.54. The van der Waals surface area contributed by atoms with Crippen molar-refractivity contribution in [2.24, 2.45) is 5.73 Å². The van der Waals surface area contributed by atoms with Crippen molar-refractivity contribution in [1.29, 1.82) is 0 Å². The summed E-state index contributed by atoms with van der Waals surface area (Å²) in [5.74, 6) is -0.928. The number of benzene rings is 2. The Kier molecular flexibility index (Phi) is 6.73. The lowest BCUT2D eigenvalue weighted by Gasteiger charge is -2.35. The second-order valence-electron chi connectivity index (χ2n) is 7.38. The maximum Gasteiger partial charge on any atom is 0.415 e. The predicted molar refractivity (Wildman–Crippen MR) is 115 cm³/mol. The number of thioether (sulfide) groups is 1. The van der Waals surface area contributed by atoms with Crippen LogP contribution in [0.5, 0.6) is 5.75 Å². The molecule has 174 valence electrons. The molecular weight excluding hydrogens is 457 g/mol. The van der Waals surface area contributed by atoms with Gasteiger partial charge in [0.25, 0.3) is 5.91 Å². The van der Waals surface area contributed by atoms with E-state index in [0.29, 0.717) is 18.0 Å². The van der Waals surface area contributed by atoms with Gasteiger partial charge in [-0.05, 0) is 23.3 Å². The zero-order valence-corrected chi connectivity index (χ0v) is 18.4. The van der Waals surface area contributed by atoms with Crippen molar-refractivity contribution in [2.75, 3.05) is 13.7 Å². The lowest BCUT2D eigenvalue weighted by atomic mass is 9.97. The van der Waals surface area contributed by atoms with E-state index in [0.717, 1.165) is 15.8 Å². The molecule has 2 heterocycles. The fourth-order valence-corrected chi connectivity index (χ4v) is 4.26. The average Bonchev–Trinajstić information content (AvgIpc) is 3.18. The first-order chi connectivity index (χ1) is 15.8. The topological polar surface area (TPSA) is 92.3 Å². The second-order valence-corrected chi connectivity index (χ2v) is 8.32. The van der Waals surface area contributed by atoms with Crippen molar-refractivity contribution in [1.82, 2.24) is 14.8 Å². The third-order valence-corrected chi connectivity index (χ3v) is 6.23. The van der Waals surface area contributed by atoms with Crippen LogP contribution < -0.4 is 10.5 Å². The zero-order valence-electron chi connectivity index (χ0n) is 17.6. The summed E-state index contributed by atoms with van der Waals surface area (Å²) in [6.07, 6.45) is -6.53. The largest absolute Gasteiger partial charge is 0.496 e. The van der Waals surface area contributed by atoms with Crippen LogP contribution in [0.4, 0.5) is 13.2 Å². The van der Waals surface area contributed by atoms with Gasteiger partial charge in [0, 0.05) is 12.3 Å². The number of hydrogen-bond acceptors (Lipinski definition) is 7. The van der Waals surface area contributed by atoms with Crippen molar-refractivity contribution >= 4 is 17.7 Å². The van der Waals surface area contributed by atoms with Crippen LogP contribution in [0.3, 0.4) is 0 Å². The van der Waals surface area contributed by atoms with Gasteiger partial charge in [-0.25, -0.2) is 4.98 Å². The predicted octanol–water partition coefficient (Wildman–Crippen LogP) is 3.77. The number of methoxy groups -OCH3 is 1. The molecule has 0 bridgehead atoms. The van der Waals surface area contributed by atoms with Crippen LogP contribution in [0, 0.1) is 0 Å². The standard InChI is InChI=1S/C22H21F3N4O3S/c1-31-17-5-3-2-4-15(17)20(30)29-21(33-12-14-8-6-13(10-26)7-9-14)27-19(28-29)16-11-32-18(16)22(23,24)25/h2-9,16,18H,10-12,26H2,1H3. The van der Waals surface area contributed by atoms with Crippen molar-refractivity contribution in [3.05, 3.63) is 71.0 Å². The molecule has 7 nitrogen and oxygen atoms in total. The lowest BCUT2D eigenvalue weighted by Crippen LogP contribution is -2.48. The number of alkyl halides is 3. The summed E-state index contributed by atoms with van der Waals surface area (Å²) in [5, 5.41) is 4.36. The third kappa shape index (κ3) is 4.90. The molecule has 33 heavy (non-hydrogen) atoms. The molecule has 0 saturated carbocycles. The Morgan fingerprint density at radius 1 is 1.21 bits per heavy atom. The minimum Gasteiger partial charge on any atom is -0.496 e. The molecule has 2 unspecified atom stereocenters. The van der Waals surface area contributed by atoms with Crippen LogP contribution >= 0.6 is 11.8 Å². The molecule has 1 aliphatic heterocycles. The van der Waals surface area contributed by atoms with Crippen LogP contribution in [-0.2, 0) is 17.0 Å². The Balaban J connectivity index is 1.65. The Morgan fingerprint density at radius 3 is 2.52 bits per heavy atom. The Morgan fingerprint density at radius 2 is 1.91 bits per heavy atom. The number of rotatable bonds is 7. The molecule has 0 spiro atoms. The molecule has 2 aromatic carbocycles. The molecule has 1 fully saturated rings. The fourth-order valence-electron chi connectivity index (χ4n) is 3.37. The van der Waals surface area contributed by atoms with Gasteiger partial charge in [0.1, 0.15) is 5.75 Å². The van der Waals surface area contributed by atoms with Crippen LogP contribution in [0.25, 0.3) is 0 Å². The number of nitrogens with zero attached hydrogens (tertiary/aromatic N) is 3. The van der Waals surface area contributed by atoms with Gasteiger partial charge >= 0.3 is 6.18 Å². The van der Waals surface area contributed by atoms with Gasteiger partial charge in [-0.1, -0.05) is 48.2 Å². The highest BCUT2D eigenvalue weighted by Crippen LogP contribution is 2.41. The number of para-hydroxylation sites is 1.